The van der Waals surface area contributed by atoms with Gasteiger partial charge in [0.05, 0.1) is 18.1 Å². The molecule has 8 heteroatoms. The summed E-state index contributed by atoms with van der Waals surface area (Å²) in [6.07, 6.45) is 5.13. The molecule has 0 saturated heterocycles. The van der Waals surface area contributed by atoms with E-state index < -0.39 is 0 Å². The Bertz CT molecular complexity index is 992. The maximum absolute atomic E-state index is 11.4. The van der Waals surface area contributed by atoms with E-state index in [1.54, 1.807) is 31.3 Å². The Morgan fingerprint density at radius 3 is 2.39 bits per heavy atom. The molecule has 0 radical (unpaired) electrons. The summed E-state index contributed by atoms with van der Waals surface area (Å²) in [6.45, 7) is 3.54. The highest BCUT2D eigenvalue weighted by molar-refractivity contribution is 5.72. The zero-order chi connectivity index (χ0) is 22.2. The summed E-state index contributed by atoms with van der Waals surface area (Å²) in [5, 5.41) is 3.09. The van der Waals surface area contributed by atoms with Gasteiger partial charge in [0.15, 0.2) is 5.82 Å². The third kappa shape index (κ3) is 6.23. The molecule has 31 heavy (non-hydrogen) atoms. The highest BCUT2D eigenvalue weighted by Gasteiger charge is 2.09. The van der Waals surface area contributed by atoms with Crippen molar-refractivity contribution in [1.29, 1.82) is 0 Å². The smallest absolute Gasteiger partial charge is 0.239 e. The fourth-order valence-corrected chi connectivity index (χ4v) is 2.86. The first-order valence-electron chi connectivity index (χ1n) is 10.1. The number of rotatable bonds is 9. The molecule has 1 aromatic carbocycles. The SMILES string of the molecule is CNCc1ccc(-c2ccc(Oc3cncc(N(C)CCN(C)C(C)=O)n3)cc2)cn1. The highest BCUT2D eigenvalue weighted by Crippen LogP contribution is 2.25. The average molecular weight is 421 g/mol. The molecule has 0 atom stereocenters. The van der Waals surface area contributed by atoms with E-state index in [1.807, 2.05) is 55.5 Å². The van der Waals surface area contributed by atoms with E-state index >= 15 is 0 Å². The number of anilines is 1. The van der Waals surface area contributed by atoms with Crippen LogP contribution in [0.15, 0.2) is 55.0 Å². The summed E-state index contributed by atoms with van der Waals surface area (Å²) < 4.78 is 5.89. The minimum atomic E-state index is 0.0321. The molecule has 0 unspecified atom stereocenters. The Morgan fingerprint density at radius 2 is 1.74 bits per heavy atom. The average Bonchev–Trinajstić information content (AvgIpc) is 2.78. The molecule has 8 nitrogen and oxygen atoms in total. The van der Waals surface area contributed by atoms with Crippen LogP contribution >= 0.6 is 0 Å². The van der Waals surface area contributed by atoms with Crippen molar-refractivity contribution < 1.29 is 9.53 Å². The molecule has 0 aliphatic carbocycles. The van der Waals surface area contributed by atoms with Crippen LogP contribution in [0.4, 0.5) is 5.82 Å². The lowest BCUT2D eigenvalue weighted by Crippen LogP contribution is -2.33. The number of aromatic nitrogens is 3. The van der Waals surface area contributed by atoms with Gasteiger partial charge in [-0.05, 0) is 30.8 Å². The van der Waals surface area contributed by atoms with E-state index in [0.717, 1.165) is 23.4 Å². The van der Waals surface area contributed by atoms with Crippen molar-refractivity contribution in [1.82, 2.24) is 25.2 Å². The Kier molecular flexibility index (Phi) is 7.50. The number of carbonyl (C=O) groups excluding carboxylic acids is 1. The Morgan fingerprint density at radius 1 is 1.00 bits per heavy atom. The molecule has 0 saturated carbocycles. The Labute approximate surface area is 182 Å². The number of nitrogens with one attached hydrogen (secondary N) is 1. The van der Waals surface area contributed by atoms with Crippen LogP contribution in [0.5, 0.6) is 11.6 Å². The maximum atomic E-state index is 11.4. The van der Waals surface area contributed by atoms with Gasteiger partial charge in [-0.1, -0.05) is 18.2 Å². The second kappa shape index (κ2) is 10.5. The van der Waals surface area contributed by atoms with Crippen LogP contribution in [-0.4, -0.2) is 60.0 Å². The molecule has 3 rings (SSSR count). The van der Waals surface area contributed by atoms with Gasteiger partial charge >= 0.3 is 0 Å². The minimum Gasteiger partial charge on any atom is -0.437 e. The van der Waals surface area contributed by atoms with Gasteiger partial charge in [-0.25, -0.2) is 0 Å². The molecule has 162 valence electrons. The molecule has 0 fully saturated rings. The van der Waals surface area contributed by atoms with E-state index in [1.165, 1.54) is 0 Å². The van der Waals surface area contributed by atoms with Crippen LogP contribution in [-0.2, 0) is 11.3 Å². The molecule has 3 aromatic rings. The summed E-state index contributed by atoms with van der Waals surface area (Å²) in [5.74, 6) is 1.80. The van der Waals surface area contributed by atoms with Gasteiger partial charge in [0.2, 0.25) is 11.8 Å². The van der Waals surface area contributed by atoms with Crippen LogP contribution in [0.2, 0.25) is 0 Å². The first-order chi connectivity index (χ1) is 15.0. The number of likely N-dealkylation sites (N-methyl/N-ethyl adjacent to an activating group) is 2. The third-order valence-corrected chi connectivity index (χ3v) is 4.89. The number of amides is 1. The fraction of sp³-hybridized carbons (Fsp3) is 0.304. The van der Waals surface area contributed by atoms with Crippen molar-refractivity contribution in [2.75, 3.05) is 39.1 Å². The monoisotopic (exact) mass is 420 g/mol. The van der Waals surface area contributed by atoms with Gasteiger partial charge in [0.25, 0.3) is 0 Å². The lowest BCUT2D eigenvalue weighted by molar-refractivity contribution is -0.127. The fourth-order valence-electron chi connectivity index (χ4n) is 2.86. The Balaban J connectivity index is 1.63. The standard InChI is InChI=1S/C23H28N6O2/c1-17(30)28(3)11-12-29(4)22-15-25-16-23(27-22)31-21-9-6-18(7-10-21)19-5-8-20(14-24-2)26-13-19/h5-10,13,15-16,24H,11-12,14H2,1-4H3. The van der Waals surface area contributed by atoms with E-state index in [4.69, 9.17) is 4.74 Å². The van der Waals surface area contributed by atoms with Crippen LogP contribution in [0.1, 0.15) is 12.6 Å². The quantitative estimate of drug-likeness (QED) is 0.570. The predicted octanol–water partition coefficient (Wildman–Crippen LogP) is 2.96. The number of pyridine rings is 1. The topological polar surface area (TPSA) is 83.5 Å². The molecule has 0 spiro atoms. The van der Waals surface area contributed by atoms with Gasteiger partial charge in [-0.2, -0.15) is 4.98 Å². The van der Waals surface area contributed by atoms with Crippen molar-refractivity contribution in [2.45, 2.75) is 13.5 Å². The summed E-state index contributed by atoms with van der Waals surface area (Å²) in [5.41, 5.74) is 3.11. The maximum Gasteiger partial charge on any atom is 0.239 e. The van der Waals surface area contributed by atoms with Crippen molar-refractivity contribution in [3.63, 3.8) is 0 Å². The van der Waals surface area contributed by atoms with Gasteiger partial charge in [-0.3, -0.25) is 14.8 Å². The van der Waals surface area contributed by atoms with Gasteiger partial charge in [-0.15, -0.1) is 0 Å². The van der Waals surface area contributed by atoms with E-state index in [9.17, 15) is 4.79 Å². The predicted molar refractivity (Wildman–Crippen MR) is 121 cm³/mol. The second-order valence-corrected chi connectivity index (χ2v) is 7.27. The largest absolute Gasteiger partial charge is 0.437 e. The van der Waals surface area contributed by atoms with Crippen LogP contribution in [0.25, 0.3) is 11.1 Å². The van der Waals surface area contributed by atoms with Gasteiger partial charge in [0.1, 0.15) is 5.75 Å². The Hall–Kier alpha value is -3.52. The van der Waals surface area contributed by atoms with Crippen molar-refractivity contribution >= 4 is 11.7 Å². The molecule has 2 heterocycles. The molecule has 1 amide bonds. The normalized spacial score (nSPS) is 10.6. The van der Waals surface area contributed by atoms with Crippen LogP contribution in [0, 0.1) is 0 Å². The van der Waals surface area contributed by atoms with Crippen LogP contribution in [0.3, 0.4) is 0 Å². The van der Waals surface area contributed by atoms with Crippen LogP contribution < -0.4 is 15.0 Å². The van der Waals surface area contributed by atoms with Gasteiger partial charge in [0, 0.05) is 52.4 Å². The number of hydrogen-bond acceptors (Lipinski definition) is 7. The number of carbonyl (C=O) groups is 1. The lowest BCUT2D eigenvalue weighted by Gasteiger charge is -2.22. The molecule has 0 aliphatic heterocycles. The molecular weight excluding hydrogens is 392 g/mol. The zero-order valence-corrected chi connectivity index (χ0v) is 18.4. The van der Waals surface area contributed by atoms with Crippen molar-refractivity contribution in [2.24, 2.45) is 0 Å². The number of hydrogen-bond donors (Lipinski definition) is 1. The minimum absolute atomic E-state index is 0.0321. The summed E-state index contributed by atoms with van der Waals surface area (Å²) in [4.78, 5) is 28.2. The van der Waals surface area contributed by atoms with E-state index in [-0.39, 0.29) is 5.91 Å². The second-order valence-electron chi connectivity index (χ2n) is 7.27. The first-order valence-corrected chi connectivity index (χ1v) is 10.1. The third-order valence-electron chi connectivity index (χ3n) is 4.89. The summed E-state index contributed by atoms with van der Waals surface area (Å²) >= 11 is 0. The number of nitrogens with zero attached hydrogens (tertiary/aromatic N) is 5. The van der Waals surface area contributed by atoms with Crippen molar-refractivity contribution in [3.05, 3.63) is 60.7 Å². The lowest BCUT2D eigenvalue weighted by atomic mass is 10.1. The molecule has 0 bridgehead atoms. The summed E-state index contributed by atoms with van der Waals surface area (Å²) in [7, 11) is 5.59. The number of ether oxygens (including phenoxy) is 1. The molecule has 1 N–H and O–H groups in total. The highest BCUT2D eigenvalue weighted by atomic mass is 16.5. The molecule has 2 aromatic heterocycles. The first kappa shape index (κ1) is 22.2. The molecule has 0 aliphatic rings. The zero-order valence-electron chi connectivity index (χ0n) is 18.4. The summed E-state index contributed by atoms with van der Waals surface area (Å²) in [6, 6.07) is 11.9. The molecular formula is C23H28N6O2. The number of benzene rings is 1. The van der Waals surface area contributed by atoms with E-state index in [0.29, 0.717) is 30.5 Å². The van der Waals surface area contributed by atoms with Crippen molar-refractivity contribution in [3.8, 4) is 22.8 Å². The van der Waals surface area contributed by atoms with Gasteiger partial charge < -0.3 is 19.9 Å². The van der Waals surface area contributed by atoms with E-state index in [2.05, 4.69) is 26.3 Å².